The highest BCUT2D eigenvalue weighted by Gasteiger charge is 2.45. The predicted octanol–water partition coefficient (Wildman–Crippen LogP) is -0.739. The molecule has 11 atom stereocenters. The van der Waals surface area contributed by atoms with E-state index in [2.05, 4.69) is 23.7 Å². The number of benzene rings is 2. The first-order valence-corrected chi connectivity index (χ1v) is 16.2. The molecule has 1 saturated carbocycles. The molecule has 2 saturated heterocycles. The van der Waals surface area contributed by atoms with Crippen molar-refractivity contribution in [1.29, 1.82) is 0 Å². The van der Waals surface area contributed by atoms with Crippen LogP contribution in [0.25, 0.3) is 11.1 Å². The predicted molar refractivity (Wildman–Crippen MR) is 167 cm³/mol. The molecule has 11 nitrogen and oxygen atoms in total. The number of fused-ring (bicyclic) bond motifs is 3. The molecule has 2 heterocycles. The van der Waals surface area contributed by atoms with E-state index in [0.717, 1.165) is 36.8 Å². The van der Waals surface area contributed by atoms with Gasteiger partial charge in [-0.1, -0.05) is 61.5 Å². The topological polar surface area (TPSA) is 201 Å². The summed E-state index contributed by atoms with van der Waals surface area (Å²) in [5, 5.41) is 93.0. The van der Waals surface area contributed by atoms with Crippen molar-refractivity contribution in [1.82, 2.24) is 0 Å². The summed E-state index contributed by atoms with van der Waals surface area (Å²) < 4.78 is 11.2. The van der Waals surface area contributed by atoms with Gasteiger partial charge in [0.15, 0.2) is 0 Å². The van der Waals surface area contributed by atoms with Gasteiger partial charge in [-0.2, -0.15) is 0 Å². The standard InChI is InChI=1S/C36H42O11/c37-14-13-28-32(41)34(43)30(39)26(46-28)11-7-19-5-9-22-23-10-6-20(8-12-27-31(40)35(44)33(42)29(18-38)47-27)16-25(23)36(45,24(22)15-19)17-21-3-1-2-4-21/h5-6,9-10,15-16,21,26-35,37-45H,1-4,13-14,17-18H2/t26-,27-,28-,29-,30-,31-,32-,33-,34-,35-,36?/m1/s1. The van der Waals surface area contributed by atoms with E-state index in [1.165, 1.54) is 0 Å². The van der Waals surface area contributed by atoms with Crippen molar-refractivity contribution in [3.63, 3.8) is 0 Å². The van der Waals surface area contributed by atoms with Gasteiger partial charge in [0.25, 0.3) is 0 Å². The average Bonchev–Trinajstić information content (AvgIpc) is 3.67. The quantitative estimate of drug-likeness (QED) is 0.185. The van der Waals surface area contributed by atoms with Crippen LogP contribution < -0.4 is 0 Å². The van der Waals surface area contributed by atoms with Crippen molar-refractivity contribution in [3.8, 4) is 34.8 Å². The molecule has 9 N–H and O–H groups in total. The van der Waals surface area contributed by atoms with Crippen LogP contribution in [0.4, 0.5) is 0 Å². The van der Waals surface area contributed by atoms with Gasteiger partial charge in [-0.05, 0) is 65.3 Å². The zero-order chi connectivity index (χ0) is 33.5. The van der Waals surface area contributed by atoms with E-state index in [1.807, 2.05) is 24.3 Å². The second-order valence-electron chi connectivity index (χ2n) is 13.1. The van der Waals surface area contributed by atoms with Crippen LogP contribution in [0.5, 0.6) is 0 Å². The Bertz CT molecular complexity index is 1560. The summed E-state index contributed by atoms with van der Waals surface area (Å²) in [7, 11) is 0. The van der Waals surface area contributed by atoms with Crippen LogP contribution in [0.2, 0.25) is 0 Å². The maximum atomic E-state index is 12.5. The fourth-order valence-electron chi connectivity index (χ4n) is 7.36. The Morgan fingerprint density at radius 2 is 1.15 bits per heavy atom. The first-order chi connectivity index (χ1) is 22.5. The van der Waals surface area contributed by atoms with Crippen molar-refractivity contribution in [2.45, 2.75) is 105 Å². The third-order valence-electron chi connectivity index (χ3n) is 10.0. The number of hydrogen-bond acceptors (Lipinski definition) is 11. The monoisotopic (exact) mass is 650 g/mol. The summed E-state index contributed by atoms with van der Waals surface area (Å²) in [4.78, 5) is 0. The van der Waals surface area contributed by atoms with E-state index < -0.39 is 73.2 Å². The van der Waals surface area contributed by atoms with Crippen molar-refractivity contribution in [2.75, 3.05) is 13.2 Å². The average molecular weight is 651 g/mol. The van der Waals surface area contributed by atoms with Gasteiger partial charge in [0.1, 0.15) is 60.5 Å². The highest BCUT2D eigenvalue weighted by atomic mass is 16.5. The minimum Gasteiger partial charge on any atom is -0.396 e. The third kappa shape index (κ3) is 6.47. The van der Waals surface area contributed by atoms with Gasteiger partial charge in [-0.3, -0.25) is 0 Å². The van der Waals surface area contributed by atoms with Gasteiger partial charge in [0, 0.05) is 17.7 Å². The molecule has 2 aliphatic carbocycles. The molecule has 1 unspecified atom stereocenters. The number of aliphatic hydroxyl groups excluding tert-OH is 8. The molecule has 0 aromatic heterocycles. The van der Waals surface area contributed by atoms with E-state index >= 15 is 0 Å². The number of aliphatic hydroxyl groups is 9. The highest BCUT2D eigenvalue weighted by Crippen LogP contribution is 2.52. The first kappa shape index (κ1) is 34.0. The van der Waals surface area contributed by atoms with Crippen LogP contribution in [0.3, 0.4) is 0 Å². The normalized spacial score (nSPS) is 36.5. The lowest BCUT2D eigenvalue weighted by Gasteiger charge is -2.38. The lowest BCUT2D eigenvalue weighted by atomic mass is 9.81. The Balaban J connectivity index is 1.31. The summed E-state index contributed by atoms with van der Waals surface area (Å²) in [6.45, 7) is -0.818. The Morgan fingerprint density at radius 1 is 0.660 bits per heavy atom. The van der Waals surface area contributed by atoms with Crippen LogP contribution in [-0.4, -0.2) is 120 Å². The van der Waals surface area contributed by atoms with E-state index in [-0.39, 0.29) is 13.0 Å². The largest absolute Gasteiger partial charge is 0.396 e. The molecule has 6 rings (SSSR count). The van der Waals surface area contributed by atoms with E-state index in [0.29, 0.717) is 34.6 Å². The van der Waals surface area contributed by atoms with Gasteiger partial charge in [0.2, 0.25) is 0 Å². The molecular formula is C36H42O11. The molecule has 0 bridgehead atoms. The zero-order valence-electron chi connectivity index (χ0n) is 25.8. The van der Waals surface area contributed by atoms with Gasteiger partial charge < -0.3 is 55.4 Å². The summed E-state index contributed by atoms with van der Waals surface area (Å²) in [6, 6.07) is 11.0. The van der Waals surface area contributed by atoms with Crippen LogP contribution >= 0.6 is 0 Å². The Morgan fingerprint density at radius 3 is 1.64 bits per heavy atom. The van der Waals surface area contributed by atoms with Crippen LogP contribution in [0.1, 0.15) is 60.8 Å². The van der Waals surface area contributed by atoms with Crippen LogP contribution in [0, 0.1) is 29.6 Å². The molecule has 0 amide bonds. The molecule has 47 heavy (non-hydrogen) atoms. The molecule has 3 fully saturated rings. The lowest BCUT2D eigenvalue weighted by molar-refractivity contribution is -0.214. The minimum absolute atomic E-state index is 0.0727. The van der Waals surface area contributed by atoms with Crippen LogP contribution in [-0.2, 0) is 15.1 Å². The molecule has 4 aliphatic rings. The Hall–Kier alpha value is -2.88. The summed E-state index contributed by atoms with van der Waals surface area (Å²) in [5.74, 6) is 11.9. The van der Waals surface area contributed by atoms with Crippen molar-refractivity contribution >= 4 is 0 Å². The maximum absolute atomic E-state index is 12.5. The summed E-state index contributed by atoms with van der Waals surface area (Å²) in [6.07, 6.45) is -8.22. The van der Waals surface area contributed by atoms with E-state index in [1.54, 1.807) is 12.1 Å². The van der Waals surface area contributed by atoms with Crippen LogP contribution in [0.15, 0.2) is 36.4 Å². The van der Waals surface area contributed by atoms with Crippen molar-refractivity contribution in [2.24, 2.45) is 5.92 Å². The molecule has 2 aliphatic heterocycles. The van der Waals surface area contributed by atoms with Gasteiger partial charge >= 0.3 is 0 Å². The Kier molecular flexibility index (Phi) is 10.1. The molecule has 2 aromatic rings. The molecule has 252 valence electrons. The fourth-order valence-corrected chi connectivity index (χ4v) is 7.36. The van der Waals surface area contributed by atoms with Crippen molar-refractivity contribution in [3.05, 3.63) is 58.7 Å². The number of ether oxygens (including phenoxy) is 2. The molecule has 2 aromatic carbocycles. The molecule has 11 heteroatoms. The highest BCUT2D eigenvalue weighted by molar-refractivity contribution is 5.81. The van der Waals surface area contributed by atoms with Gasteiger partial charge in [-0.15, -0.1) is 0 Å². The molecular weight excluding hydrogens is 608 g/mol. The Labute approximate surface area is 273 Å². The summed E-state index contributed by atoms with van der Waals surface area (Å²) >= 11 is 0. The summed E-state index contributed by atoms with van der Waals surface area (Å²) in [5.41, 5.74) is 2.79. The second-order valence-corrected chi connectivity index (χ2v) is 13.1. The number of rotatable bonds is 5. The zero-order valence-corrected chi connectivity index (χ0v) is 25.8. The fraction of sp³-hybridized carbons (Fsp3) is 0.556. The van der Waals surface area contributed by atoms with E-state index in [4.69, 9.17) is 9.47 Å². The third-order valence-corrected chi connectivity index (χ3v) is 10.0. The minimum atomic E-state index is -1.53. The smallest absolute Gasteiger partial charge is 0.147 e. The van der Waals surface area contributed by atoms with Gasteiger partial charge in [0.05, 0.1) is 12.7 Å². The van der Waals surface area contributed by atoms with E-state index in [9.17, 15) is 46.0 Å². The first-order valence-electron chi connectivity index (χ1n) is 16.2. The molecule has 0 spiro atoms. The number of hydrogen-bond donors (Lipinski definition) is 9. The SMILES string of the molecule is OCC[C@H]1O[C@H](C#Cc2ccc3c(c2)C(O)(CC2CCCC2)c2cc(C#C[C@H]4O[C@H](CO)[C@@H](O)[C@H](O)[C@@H]4O)ccc2-3)[C@@H](O)[C@@H](O)[C@@H]1O. The van der Waals surface area contributed by atoms with Gasteiger partial charge in [-0.25, -0.2) is 0 Å². The maximum Gasteiger partial charge on any atom is 0.147 e. The molecule has 0 radical (unpaired) electrons. The lowest BCUT2D eigenvalue weighted by Crippen LogP contribution is -2.58. The van der Waals surface area contributed by atoms with Crippen molar-refractivity contribution < 1.29 is 55.4 Å². The second kappa shape index (κ2) is 13.9.